The number of benzene rings is 2. The average Bonchev–Trinajstić information content (AvgIpc) is 3.62. The van der Waals surface area contributed by atoms with Gasteiger partial charge in [0.25, 0.3) is 0 Å². The van der Waals surface area contributed by atoms with Crippen LogP contribution in [0.5, 0.6) is 5.75 Å². The van der Waals surface area contributed by atoms with E-state index in [1.165, 1.54) is 47.2 Å². The van der Waals surface area contributed by atoms with Gasteiger partial charge in [0, 0.05) is 5.69 Å². The van der Waals surface area contributed by atoms with E-state index in [0.717, 1.165) is 35.2 Å². The third-order valence-corrected chi connectivity index (χ3v) is 9.41. The highest BCUT2D eigenvalue weighted by atomic mass is 32.2. The third kappa shape index (κ3) is 4.62. The molecule has 41 heavy (non-hydrogen) atoms. The number of thioether (sulfide) groups is 1. The lowest BCUT2D eigenvalue weighted by atomic mass is 9.86. The van der Waals surface area contributed by atoms with Crippen molar-refractivity contribution in [2.75, 3.05) is 10.2 Å². The number of aromatic hydroxyl groups is 1. The molecule has 1 fully saturated rings. The number of aromatic nitrogens is 1. The summed E-state index contributed by atoms with van der Waals surface area (Å²) in [6.07, 6.45) is -3.46. The number of thiazole rings is 1. The van der Waals surface area contributed by atoms with Gasteiger partial charge in [-0.1, -0.05) is 35.2 Å². The zero-order valence-corrected chi connectivity index (χ0v) is 22.3. The van der Waals surface area contributed by atoms with Gasteiger partial charge < -0.3 is 14.8 Å². The molecule has 0 bridgehead atoms. The fraction of sp³-hybridized carbons (Fsp3) is 0.185. The minimum absolute atomic E-state index is 0.00345. The first-order valence-electron chi connectivity index (χ1n) is 12.1. The number of phenols is 1. The molecule has 2 aliphatic rings. The van der Waals surface area contributed by atoms with Crippen LogP contribution < -0.4 is 15.1 Å². The molecule has 0 saturated carbocycles. The van der Waals surface area contributed by atoms with Crippen molar-refractivity contribution < 1.29 is 37.1 Å². The van der Waals surface area contributed by atoms with Crippen LogP contribution in [0.2, 0.25) is 0 Å². The summed E-state index contributed by atoms with van der Waals surface area (Å²) < 4.78 is 48.3. The van der Waals surface area contributed by atoms with E-state index in [-0.39, 0.29) is 16.5 Å². The number of anilines is 2. The fourth-order valence-electron chi connectivity index (χ4n) is 5.06. The van der Waals surface area contributed by atoms with Crippen LogP contribution in [0.25, 0.3) is 0 Å². The SMILES string of the molecule is O=C(Cn1c2c(sc1=O)[C@@H](c1ccco1)[C@@H]1C(=O)N(c3ccccc3C(F)(F)F)C(=O)[C@@H]1S2)Nc1ccc(O)cc1. The van der Waals surface area contributed by atoms with Crippen LogP contribution in [0.3, 0.4) is 0 Å². The molecule has 0 unspecified atom stereocenters. The number of alkyl halides is 3. The summed E-state index contributed by atoms with van der Waals surface area (Å²) in [7, 11) is 0. The minimum Gasteiger partial charge on any atom is -0.508 e. The summed E-state index contributed by atoms with van der Waals surface area (Å²) in [6, 6.07) is 13.2. The number of hydrogen-bond acceptors (Lipinski definition) is 8. The molecule has 9 nitrogen and oxygen atoms in total. The van der Waals surface area contributed by atoms with Crippen molar-refractivity contribution in [1.29, 1.82) is 0 Å². The van der Waals surface area contributed by atoms with E-state index in [1.807, 2.05) is 0 Å². The Morgan fingerprint density at radius 3 is 2.41 bits per heavy atom. The highest BCUT2D eigenvalue weighted by Gasteiger charge is 2.58. The lowest BCUT2D eigenvalue weighted by Gasteiger charge is -2.29. The number of halogens is 3. The summed E-state index contributed by atoms with van der Waals surface area (Å²) in [6.45, 7) is -0.427. The normalized spacial score (nSPS) is 20.2. The maximum Gasteiger partial charge on any atom is 0.418 e. The number of rotatable bonds is 5. The molecule has 2 aliphatic heterocycles. The predicted molar refractivity (Wildman–Crippen MR) is 143 cm³/mol. The number of fused-ring (bicyclic) bond motifs is 2. The second-order valence-electron chi connectivity index (χ2n) is 9.30. The number of phenolic OH excluding ortho intramolecular Hbond substituents is 1. The molecule has 3 atom stereocenters. The van der Waals surface area contributed by atoms with Crippen molar-refractivity contribution in [2.24, 2.45) is 5.92 Å². The van der Waals surface area contributed by atoms with E-state index >= 15 is 0 Å². The van der Waals surface area contributed by atoms with Gasteiger partial charge in [0.2, 0.25) is 17.7 Å². The van der Waals surface area contributed by atoms with E-state index in [9.17, 15) is 37.5 Å². The van der Waals surface area contributed by atoms with Gasteiger partial charge in [-0.3, -0.25) is 23.7 Å². The van der Waals surface area contributed by atoms with Crippen LogP contribution in [-0.2, 0) is 27.1 Å². The second kappa shape index (κ2) is 9.96. The molecule has 4 heterocycles. The summed E-state index contributed by atoms with van der Waals surface area (Å²) >= 11 is 1.66. The quantitative estimate of drug-likeness (QED) is 0.252. The number of carbonyl (C=O) groups is 3. The molecule has 3 amide bonds. The van der Waals surface area contributed by atoms with Crippen molar-refractivity contribution >= 4 is 52.2 Å². The van der Waals surface area contributed by atoms with Gasteiger partial charge in [0.05, 0.1) is 39.3 Å². The lowest BCUT2D eigenvalue weighted by molar-refractivity contribution is -0.137. The van der Waals surface area contributed by atoms with Crippen LogP contribution in [0.1, 0.15) is 22.1 Å². The van der Waals surface area contributed by atoms with Crippen LogP contribution in [0.15, 0.2) is 81.2 Å². The van der Waals surface area contributed by atoms with E-state index in [1.54, 1.807) is 12.1 Å². The number of carbonyl (C=O) groups excluding carboxylic acids is 3. The van der Waals surface area contributed by atoms with Crippen molar-refractivity contribution in [3.05, 3.63) is 92.8 Å². The molecule has 2 N–H and O–H groups in total. The molecule has 6 rings (SSSR count). The van der Waals surface area contributed by atoms with Crippen LogP contribution in [0, 0.1) is 5.92 Å². The first-order chi connectivity index (χ1) is 19.5. The first-order valence-corrected chi connectivity index (χ1v) is 13.8. The largest absolute Gasteiger partial charge is 0.508 e. The first kappa shape index (κ1) is 26.9. The van der Waals surface area contributed by atoms with Gasteiger partial charge in [-0.15, -0.1) is 0 Å². The number of para-hydroxylation sites is 1. The Morgan fingerprint density at radius 2 is 1.73 bits per heavy atom. The summed E-state index contributed by atoms with van der Waals surface area (Å²) in [5.74, 6) is -4.09. The molecule has 14 heteroatoms. The van der Waals surface area contributed by atoms with Gasteiger partial charge in [-0.2, -0.15) is 13.2 Å². The van der Waals surface area contributed by atoms with Gasteiger partial charge in [0.1, 0.15) is 23.3 Å². The number of imide groups is 1. The molecule has 4 aromatic rings. The van der Waals surface area contributed by atoms with Gasteiger partial charge >= 0.3 is 11.0 Å². The van der Waals surface area contributed by atoms with Gasteiger partial charge in [-0.25, -0.2) is 4.90 Å². The standard InChI is InChI=1S/C27H18F3N3O6S2/c28-27(29,30)15-4-1-2-5-16(15)33-23(36)20-19(17-6-3-11-39-17)22-25(40-21(20)24(33)37)32(26(38)41-22)12-18(35)31-13-7-9-14(34)10-8-13/h1-11,19-21,34H,12H2,(H,31,35)/t19-,20-,21+/m0/s1. The molecule has 1 saturated heterocycles. The molecule has 2 aromatic heterocycles. The molecule has 0 spiro atoms. The monoisotopic (exact) mass is 601 g/mol. The third-order valence-electron chi connectivity index (χ3n) is 6.80. The van der Waals surface area contributed by atoms with E-state index in [2.05, 4.69) is 5.32 Å². The van der Waals surface area contributed by atoms with Crippen molar-refractivity contribution in [3.63, 3.8) is 0 Å². The zero-order chi connectivity index (χ0) is 29.1. The zero-order valence-electron chi connectivity index (χ0n) is 20.6. The van der Waals surface area contributed by atoms with E-state index in [0.29, 0.717) is 15.5 Å². The molecular weight excluding hydrogens is 583 g/mol. The second-order valence-corrected chi connectivity index (χ2v) is 11.4. The van der Waals surface area contributed by atoms with Gasteiger partial charge in [0.15, 0.2) is 0 Å². The maximum absolute atomic E-state index is 13.8. The number of hydrogen-bond donors (Lipinski definition) is 2. The van der Waals surface area contributed by atoms with Crippen LogP contribution in [-0.4, -0.2) is 32.6 Å². The van der Waals surface area contributed by atoms with Gasteiger partial charge in [-0.05, 0) is 48.5 Å². The van der Waals surface area contributed by atoms with Crippen molar-refractivity contribution in [1.82, 2.24) is 4.57 Å². The Hall–Kier alpha value is -4.30. The summed E-state index contributed by atoms with van der Waals surface area (Å²) in [5, 5.41) is 11.2. The summed E-state index contributed by atoms with van der Waals surface area (Å²) in [5.41, 5.74) is -1.32. The highest BCUT2D eigenvalue weighted by molar-refractivity contribution is 8.00. The Bertz CT molecular complexity index is 1730. The average molecular weight is 602 g/mol. The number of nitrogens with one attached hydrogen (secondary N) is 1. The number of furan rings is 1. The Labute approximate surface area is 237 Å². The topological polar surface area (TPSA) is 122 Å². The Morgan fingerprint density at radius 1 is 1.00 bits per heavy atom. The van der Waals surface area contributed by atoms with E-state index < -0.39 is 63.7 Å². The van der Waals surface area contributed by atoms with Crippen molar-refractivity contribution in [3.8, 4) is 5.75 Å². The lowest BCUT2D eigenvalue weighted by Crippen LogP contribution is -2.33. The maximum atomic E-state index is 13.8. The van der Waals surface area contributed by atoms with E-state index in [4.69, 9.17) is 4.42 Å². The van der Waals surface area contributed by atoms with Crippen molar-refractivity contribution in [2.45, 2.75) is 28.9 Å². The molecular formula is C27H18F3N3O6S2. The fourth-order valence-corrected chi connectivity index (χ4v) is 7.82. The minimum atomic E-state index is -4.82. The molecule has 2 aromatic carbocycles. The van der Waals surface area contributed by atoms with Crippen LogP contribution >= 0.6 is 23.1 Å². The highest BCUT2D eigenvalue weighted by Crippen LogP contribution is 2.54. The Kier molecular flexibility index (Phi) is 6.53. The predicted octanol–water partition coefficient (Wildman–Crippen LogP) is 4.66. The van der Waals surface area contributed by atoms with Crippen LogP contribution in [0.4, 0.5) is 24.5 Å². The molecule has 0 radical (unpaired) electrons. The summed E-state index contributed by atoms with van der Waals surface area (Å²) in [4.78, 5) is 53.8. The molecule has 210 valence electrons. The Balaban J connectivity index is 1.40. The number of nitrogens with zero attached hydrogens (tertiary/aromatic N) is 2. The number of amides is 3. The molecule has 0 aliphatic carbocycles. The smallest absolute Gasteiger partial charge is 0.418 e.